The Hall–Kier alpha value is -1.90. The third-order valence-corrected chi connectivity index (χ3v) is 2.44. The van der Waals surface area contributed by atoms with Crippen molar-refractivity contribution in [3.63, 3.8) is 0 Å². The number of nitrogens with zero attached hydrogens (tertiary/aromatic N) is 2. The van der Waals surface area contributed by atoms with E-state index in [0.29, 0.717) is 5.56 Å². The first kappa shape index (κ1) is 10.6. The van der Waals surface area contributed by atoms with Crippen LogP contribution in [0.5, 0.6) is 0 Å². The number of aldehydes is 1. The number of carbonyl (C=O) groups is 1. The van der Waals surface area contributed by atoms with Gasteiger partial charge in [-0.05, 0) is 18.1 Å². The molecule has 0 unspecified atom stereocenters. The van der Waals surface area contributed by atoms with Crippen molar-refractivity contribution in [2.75, 3.05) is 0 Å². The van der Waals surface area contributed by atoms with Crippen LogP contribution in [0.3, 0.4) is 0 Å². The lowest BCUT2D eigenvalue weighted by molar-refractivity contribution is 0.112. The van der Waals surface area contributed by atoms with Crippen molar-refractivity contribution in [1.29, 1.82) is 0 Å². The third kappa shape index (κ3) is 2.19. The molecule has 0 saturated heterocycles. The Morgan fingerprint density at radius 2 is 2.25 bits per heavy atom. The summed E-state index contributed by atoms with van der Waals surface area (Å²) in [5, 5.41) is 4.27. The molecule has 0 aliphatic carbocycles. The largest absolute Gasteiger partial charge is 0.298 e. The number of rotatable bonds is 4. The molecule has 0 aliphatic heterocycles. The van der Waals surface area contributed by atoms with Crippen LogP contribution < -0.4 is 0 Å². The van der Waals surface area contributed by atoms with E-state index in [1.165, 1.54) is 0 Å². The summed E-state index contributed by atoms with van der Waals surface area (Å²) in [6, 6.07) is 7.55. The van der Waals surface area contributed by atoms with Crippen LogP contribution in [0, 0.1) is 0 Å². The lowest BCUT2D eigenvalue weighted by Gasteiger charge is -1.98. The smallest absolute Gasteiger partial charge is 0.150 e. The highest BCUT2D eigenvalue weighted by Crippen LogP contribution is 2.19. The molecule has 3 nitrogen and oxygen atoms in total. The fraction of sp³-hybridized carbons (Fsp3) is 0.231. The van der Waals surface area contributed by atoms with E-state index in [1.54, 1.807) is 6.07 Å². The lowest BCUT2D eigenvalue weighted by Crippen LogP contribution is -1.95. The predicted molar refractivity (Wildman–Crippen MR) is 63.3 cm³/mol. The van der Waals surface area contributed by atoms with Crippen LogP contribution in [0.25, 0.3) is 11.1 Å². The molecule has 82 valence electrons. The van der Waals surface area contributed by atoms with Gasteiger partial charge >= 0.3 is 0 Å². The van der Waals surface area contributed by atoms with Crippen LogP contribution >= 0.6 is 0 Å². The van der Waals surface area contributed by atoms with E-state index in [0.717, 1.165) is 30.4 Å². The van der Waals surface area contributed by atoms with E-state index in [2.05, 4.69) is 12.0 Å². The Morgan fingerprint density at radius 1 is 1.38 bits per heavy atom. The van der Waals surface area contributed by atoms with Gasteiger partial charge in [0.2, 0.25) is 0 Å². The molecule has 0 amide bonds. The second-order valence-electron chi connectivity index (χ2n) is 3.74. The van der Waals surface area contributed by atoms with Gasteiger partial charge in [-0.1, -0.05) is 25.1 Å². The average Bonchev–Trinajstić information content (AvgIpc) is 2.78. The fourth-order valence-electron chi connectivity index (χ4n) is 1.66. The Kier molecular flexibility index (Phi) is 3.15. The second-order valence-corrected chi connectivity index (χ2v) is 3.74. The lowest BCUT2D eigenvalue weighted by atomic mass is 10.1. The summed E-state index contributed by atoms with van der Waals surface area (Å²) in [4.78, 5) is 10.7. The summed E-state index contributed by atoms with van der Waals surface area (Å²) in [5.74, 6) is 0. The van der Waals surface area contributed by atoms with Gasteiger partial charge in [0.05, 0.1) is 6.20 Å². The van der Waals surface area contributed by atoms with Crippen LogP contribution in [0.1, 0.15) is 23.7 Å². The summed E-state index contributed by atoms with van der Waals surface area (Å²) in [5.41, 5.74) is 2.78. The number of aromatic nitrogens is 2. The second kappa shape index (κ2) is 4.75. The van der Waals surface area contributed by atoms with E-state index >= 15 is 0 Å². The van der Waals surface area contributed by atoms with Gasteiger partial charge < -0.3 is 0 Å². The van der Waals surface area contributed by atoms with E-state index < -0.39 is 0 Å². The monoisotopic (exact) mass is 214 g/mol. The van der Waals surface area contributed by atoms with Crippen LogP contribution in [0.4, 0.5) is 0 Å². The maximum Gasteiger partial charge on any atom is 0.150 e. The van der Waals surface area contributed by atoms with Gasteiger partial charge in [0.1, 0.15) is 6.29 Å². The highest BCUT2D eigenvalue weighted by atomic mass is 16.1. The van der Waals surface area contributed by atoms with Crippen molar-refractivity contribution in [2.24, 2.45) is 0 Å². The molecule has 16 heavy (non-hydrogen) atoms. The Morgan fingerprint density at radius 3 is 3.00 bits per heavy atom. The van der Waals surface area contributed by atoms with Crippen molar-refractivity contribution in [1.82, 2.24) is 9.78 Å². The molecule has 0 radical (unpaired) electrons. The molecule has 0 aliphatic rings. The molecular formula is C13H14N2O. The fourth-order valence-corrected chi connectivity index (χ4v) is 1.66. The Labute approximate surface area is 94.7 Å². The first-order valence-corrected chi connectivity index (χ1v) is 5.41. The van der Waals surface area contributed by atoms with Gasteiger partial charge in [-0.2, -0.15) is 5.10 Å². The van der Waals surface area contributed by atoms with E-state index in [-0.39, 0.29) is 0 Å². The number of hydrogen-bond acceptors (Lipinski definition) is 2. The van der Waals surface area contributed by atoms with Crippen LogP contribution in [0.15, 0.2) is 36.7 Å². The van der Waals surface area contributed by atoms with E-state index in [1.807, 2.05) is 35.3 Å². The molecule has 0 bridgehead atoms. The van der Waals surface area contributed by atoms with Gasteiger partial charge in [-0.3, -0.25) is 9.48 Å². The van der Waals surface area contributed by atoms with Crippen molar-refractivity contribution >= 4 is 6.29 Å². The maximum atomic E-state index is 10.7. The first-order chi connectivity index (χ1) is 7.83. The average molecular weight is 214 g/mol. The molecule has 1 aromatic heterocycles. The minimum atomic E-state index is 0.695. The first-order valence-electron chi connectivity index (χ1n) is 5.41. The molecule has 1 aromatic carbocycles. The number of hydrogen-bond donors (Lipinski definition) is 0. The van der Waals surface area contributed by atoms with Crippen molar-refractivity contribution in [2.45, 2.75) is 19.9 Å². The molecule has 3 heteroatoms. The zero-order valence-corrected chi connectivity index (χ0v) is 9.26. The van der Waals surface area contributed by atoms with E-state index in [9.17, 15) is 4.79 Å². The van der Waals surface area contributed by atoms with Crippen molar-refractivity contribution in [3.8, 4) is 11.1 Å². The Balaban J connectivity index is 2.30. The van der Waals surface area contributed by atoms with Crippen LogP contribution in [0.2, 0.25) is 0 Å². The molecule has 0 N–H and O–H groups in total. The summed E-state index contributed by atoms with van der Waals surface area (Å²) in [6.45, 7) is 3.04. The maximum absolute atomic E-state index is 10.7. The summed E-state index contributed by atoms with van der Waals surface area (Å²) >= 11 is 0. The third-order valence-electron chi connectivity index (χ3n) is 2.44. The van der Waals surface area contributed by atoms with Crippen LogP contribution in [-0.2, 0) is 6.54 Å². The predicted octanol–water partition coefficient (Wildman–Crippen LogP) is 2.77. The zero-order chi connectivity index (χ0) is 11.4. The molecule has 0 saturated carbocycles. The molecule has 0 spiro atoms. The zero-order valence-electron chi connectivity index (χ0n) is 9.26. The molecule has 1 heterocycles. The molecule has 0 atom stereocenters. The SMILES string of the molecule is CCCn1cc(-c2cccc(C=O)c2)cn1. The summed E-state index contributed by atoms with van der Waals surface area (Å²) in [7, 11) is 0. The minimum absolute atomic E-state index is 0.695. The number of aryl methyl sites for hydroxylation is 1. The van der Waals surface area contributed by atoms with Crippen LogP contribution in [-0.4, -0.2) is 16.1 Å². The number of benzene rings is 1. The Bertz CT molecular complexity index is 488. The minimum Gasteiger partial charge on any atom is -0.298 e. The topological polar surface area (TPSA) is 34.9 Å². The van der Waals surface area contributed by atoms with Gasteiger partial charge in [-0.15, -0.1) is 0 Å². The number of carbonyl (C=O) groups excluding carboxylic acids is 1. The standard InChI is InChI=1S/C13H14N2O/c1-2-6-15-9-13(8-14-15)12-5-3-4-11(7-12)10-16/h3-5,7-10H,2,6H2,1H3. The molecule has 2 rings (SSSR count). The normalized spacial score (nSPS) is 10.3. The summed E-state index contributed by atoms with van der Waals surface area (Å²) < 4.78 is 1.92. The van der Waals surface area contributed by atoms with Crippen molar-refractivity contribution in [3.05, 3.63) is 42.2 Å². The highest BCUT2D eigenvalue weighted by Gasteiger charge is 2.01. The summed E-state index contributed by atoms with van der Waals surface area (Å²) in [6.07, 6.45) is 5.77. The van der Waals surface area contributed by atoms with Crippen molar-refractivity contribution < 1.29 is 4.79 Å². The molecule has 2 aromatic rings. The van der Waals surface area contributed by atoms with E-state index in [4.69, 9.17) is 0 Å². The molecular weight excluding hydrogens is 200 g/mol. The quantitative estimate of drug-likeness (QED) is 0.733. The van der Waals surface area contributed by atoms with Gasteiger partial charge in [0.25, 0.3) is 0 Å². The highest BCUT2D eigenvalue weighted by molar-refractivity contribution is 5.78. The van der Waals surface area contributed by atoms with Gasteiger partial charge in [0.15, 0.2) is 0 Å². The van der Waals surface area contributed by atoms with Gasteiger partial charge in [-0.25, -0.2) is 0 Å². The van der Waals surface area contributed by atoms with Gasteiger partial charge in [0, 0.05) is 23.9 Å². The molecule has 0 fully saturated rings.